The summed E-state index contributed by atoms with van der Waals surface area (Å²) < 4.78 is 53.6. The minimum absolute atomic E-state index is 0.165. The Morgan fingerprint density at radius 2 is 1.84 bits per heavy atom. The molecule has 0 fully saturated rings. The van der Waals surface area contributed by atoms with Gasteiger partial charge in [0.05, 0.1) is 22.6 Å². The first-order valence-electron chi connectivity index (χ1n) is 5.76. The van der Waals surface area contributed by atoms with E-state index in [-0.39, 0.29) is 5.25 Å². The van der Waals surface area contributed by atoms with E-state index in [0.29, 0.717) is 16.8 Å². The van der Waals surface area contributed by atoms with Gasteiger partial charge in [-0.25, -0.2) is 0 Å². The van der Waals surface area contributed by atoms with Crippen LogP contribution >= 0.6 is 0 Å². The summed E-state index contributed by atoms with van der Waals surface area (Å²) in [6.07, 6.45) is -4.39. The number of hydrogen-bond donors (Lipinski definition) is 0. The van der Waals surface area contributed by atoms with Crippen LogP contribution in [0.15, 0.2) is 22.6 Å². The molecule has 0 aromatic heterocycles. The summed E-state index contributed by atoms with van der Waals surface area (Å²) >= 11 is -1.43. The Balaban J connectivity index is 3.18. The van der Waals surface area contributed by atoms with Gasteiger partial charge in [0.15, 0.2) is 0 Å². The van der Waals surface area contributed by atoms with E-state index in [1.54, 1.807) is 33.8 Å². The summed E-state index contributed by atoms with van der Waals surface area (Å²) in [5.74, 6) is 0. The molecule has 1 aromatic carbocycles. The predicted octanol–water partition coefficient (Wildman–Crippen LogP) is 3.89. The highest BCUT2D eigenvalue weighted by molar-refractivity contribution is 7.90. The van der Waals surface area contributed by atoms with Crippen molar-refractivity contribution in [1.29, 1.82) is 0 Å². The molecule has 0 amide bonds. The highest BCUT2D eigenvalue weighted by atomic mass is 32.2. The monoisotopic (exact) mass is 291 g/mol. The van der Waals surface area contributed by atoms with Crippen molar-refractivity contribution in [3.8, 4) is 0 Å². The third kappa shape index (κ3) is 4.54. The number of rotatable bonds is 3. The fraction of sp³-hybridized carbons (Fsp3) is 0.462. The van der Waals surface area contributed by atoms with Crippen LogP contribution in [0.3, 0.4) is 0 Å². The van der Waals surface area contributed by atoms with Crippen LogP contribution in [-0.2, 0) is 17.5 Å². The van der Waals surface area contributed by atoms with Crippen LogP contribution in [0.2, 0.25) is 0 Å². The summed E-state index contributed by atoms with van der Waals surface area (Å²) in [5.41, 5.74) is 0.477. The van der Waals surface area contributed by atoms with Crippen molar-refractivity contribution in [1.82, 2.24) is 0 Å². The van der Waals surface area contributed by atoms with Crippen molar-refractivity contribution in [3.05, 3.63) is 34.9 Å². The minimum Gasteiger partial charge on any atom is -0.591 e. The molecule has 0 spiro atoms. The van der Waals surface area contributed by atoms with Crippen LogP contribution in [0, 0.1) is 6.92 Å². The van der Waals surface area contributed by atoms with E-state index >= 15 is 0 Å². The molecule has 0 aliphatic rings. The number of benzene rings is 1. The molecule has 1 atom stereocenters. The summed E-state index contributed by atoms with van der Waals surface area (Å²) in [6, 6.07) is 3.71. The molecular formula is C13H16F3NOS. The van der Waals surface area contributed by atoms with Crippen LogP contribution in [0.25, 0.3) is 0 Å². The van der Waals surface area contributed by atoms with Gasteiger partial charge >= 0.3 is 6.18 Å². The van der Waals surface area contributed by atoms with Gasteiger partial charge in [-0.1, -0.05) is 10.5 Å². The SMILES string of the molecule is C/C(=N/[S+]([O-])C(C)C)c1cc(C)cc(C(F)(F)F)c1. The Labute approximate surface area is 114 Å². The van der Waals surface area contributed by atoms with Gasteiger partial charge in [0.1, 0.15) is 5.25 Å². The molecule has 0 saturated carbocycles. The average molecular weight is 291 g/mol. The molecule has 19 heavy (non-hydrogen) atoms. The maximum atomic E-state index is 12.7. The Morgan fingerprint density at radius 3 is 2.32 bits per heavy atom. The van der Waals surface area contributed by atoms with Gasteiger partial charge in [-0.3, -0.25) is 0 Å². The van der Waals surface area contributed by atoms with Gasteiger partial charge in [-0.15, -0.1) is 0 Å². The molecule has 106 valence electrons. The standard InChI is InChI=1S/C13H16F3NOS/c1-8(2)19(18)17-10(4)11-5-9(3)6-12(7-11)13(14,15)16/h5-8H,1-4H3/b17-10-. The lowest BCUT2D eigenvalue weighted by Crippen LogP contribution is -2.14. The quantitative estimate of drug-likeness (QED) is 0.614. The molecule has 0 heterocycles. The van der Waals surface area contributed by atoms with E-state index in [2.05, 4.69) is 4.40 Å². The topological polar surface area (TPSA) is 35.4 Å². The summed E-state index contributed by atoms with van der Waals surface area (Å²) in [4.78, 5) is 0. The third-order valence-electron chi connectivity index (χ3n) is 2.45. The largest absolute Gasteiger partial charge is 0.591 e. The van der Waals surface area contributed by atoms with Crippen molar-refractivity contribution in [3.63, 3.8) is 0 Å². The zero-order valence-corrected chi connectivity index (χ0v) is 12.0. The zero-order chi connectivity index (χ0) is 14.8. The Kier molecular flexibility index (Phi) is 5.04. The zero-order valence-electron chi connectivity index (χ0n) is 11.2. The van der Waals surface area contributed by atoms with Crippen LogP contribution in [0.5, 0.6) is 0 Å². The van der Waals surface area contributed by atoms with Crippen molar-refractivity contribution >= 4 is 17.1 Å². The highest BCUT2D eigenvalue weighted by Crippen LogP contribution is 2.30. The molecule has 0 radical (unpaired) electrons. The summed E-state index contributed by atoms with van der Waals surface area (Å²) in [7, 11) is 0. The fourth-order valence-corrected chi connectivity index (χ4v) is 2.03. The second-order valence-corrected chi connectivity index (χ2v) is 6.26. The number of nitrogens with zero attached hydrogens (tertiary/aromatic N) is 1. The maximum absolute atomic E-state index is 12.7. The van der Waals surface area contributed by atoms with E-state index in [4.69, 9.17) is 0 Å². The average Bonchev–Trinajstić information content (AvgIpc) is 2.26. The molecule has 0 bridgehead atoms. The van der Waals surface area contributed by atoms with Crippen LogP contribution in [0.4, 0.5) is 13.2 Å². The number of aryl methyl sites for hydroxylation is 1. The molecule has 0 aliphatic carbocycles. The highest BCUT2D eigenvalue weighted by Gasteiger charge is 2.31. The minimum atomic E-state index is -4.39. The van der Waals surface area contributed by atoms with E-state index in [9.17, 15) is 17.7 Å². The number of alkyl halides is 3. The van der Waals surface area contributed by atoms with E-state index < -0.39 is 23.1 Å². The normalized spacial score (nSPS) is 14.9. The van der Waals surface area contributed by atoms with Crippen molar-refractivity contribution < 1.29 is 17.7 Å². The van der Waals surface area contributed by atoms with E-state index in [0.717, 1.165) is 12.1 Å². The summed E-state index contributed by atoms with van der Waals surface area (Å²) in [6.45, 7) is 6.63. The van der Waals surface area contributed by atoms with Gasteiger partial charge in [0.2, 0.25) is 0 Å². The molecule has 1 unspecified atom stereocenters. The van der Waals surface area contributed by atoms with Crippen LogP contribution in [0.1, 0.15) is 37.5 Å². The Hall–Kier alpha value is -1.01. The molecule has 0 aliphatic heterocycles. The van der Waals surface area contributed by atoms with Gasteiger partial charge in [0.25, 0.3) is 0 Å². The smallest absolute Gasteiger partial charge is 0.416 e. The second-order valence-electron chi connectivity index (χ2n) is 4.59. The molecular weight excluding hydrogens is 275 g/mol. The molecule has 0 N–H and O–H groups in total. The second kappa shape index (κ2) is 5.96. The van der Waals surface area contributed by atoms with Crippen molar-refractivity contribution in [2.45, 2.75) is 39.1 Å². The first-order valence-corrected chi connectivity index (χ1v) is 6.93. The Bertz CT molecular complexity index is 483. The van der Waals surface area contributed by atoms with E-state index in [1.807, 2.05) is 0 Å². The Morgan fingerprint density at radius 1 is 1.26 bits per heavy atom. The molecule has 6 heteroatoms. The van der Waals surface area contributed by atoms with Crippen molar-refractivity contribution in [2.75, 3.05) is 0 Å². The lowest BCUT2D eigenvalue weighted by Gasteiger charge is -2.11. The number of halogens is 3. The first kappa shape index (κ1) is 16.0. The first-order chi connectivity index (χ1) is 8.61. The maximum Gasteiger partial charge on any atom is 0.416 e. The fourth-order valence-electron chi connectivity index (χ4n) is 1.45. The molecule has 1 rings (SSSR count). The molecule has 1 aromatic rings. The van der Waals surface area contributed by atoms with Gasteiger partial charge in [-0.2, -0.15) is 13.2 Å². The van der Waals surface area contributed by atoms with Gasteiger partial charge in [-0.05, 0) is 45.4 Å². The molecule has 2 nitrogen and oxygen atoms in total. The van der Waals surface area contributed by atoms with Crippen LogP contribution < -0.4 is 0 Å². The van der Waals surface area contributed by atoms with Crippen molar-refractivity contribution in [2.24, 2.45) is 4.40 Å². The van der Waals surface area contributed by atoms with Crippen LogP contribution in [-0.4, -0.2) is 15.5 Å². The number of hydrogen-bond acceptors (Lipinski definition) is 2. The van der Waals surface area contributed by atoms with Gasteiger partial charge < -0.3 is 4.55 Å². The lowest BCUT2D eigenvalue weighted by atomic mass is 10.0. The molecule has 0 saturated heterocycles. The lowest BCUT2D eigenvalue weighted by molar-refractivity contribution is -0.137. The summed E-state index contributed by atoms with van der Waals surface area (Å²) in [5, 5.41) is -0.165. The third-order valence-corrected chi connectivity index (χ3v) is 3.71. The van der Waals surface area contributed by atoms with E-state index in [1.165, 1.54) is 0 Å². The van der Waals surface area contributed by atoms with Gasteiger partial charge in [0, 0.05) is 5.56 Å². The predicted molar refractivity (Wildman–Crippen MR) is 71.7 cm³/mol.